The molecule has 0 bridgehead atoms. The SMILES string of the molecule is C.CCOC(=O)C[C@@H](c1ccc(OCCOCCN=[N+]=[N-])c(F)c1)N1CCN(CCCc2ccc3c(n2)NCCC3)C1=O.[Li+].[N-]=[N+]=NCCOCCOc1ccc([C@H](CC(=O)O)N2CCN(CCCc3ccc4c(n3)NCCC4)C2=O)cc1F.[OH-]. The van der Waals surface area contributed by atoms with Crippen molar-refractivity contribution in [3.63, 3.8) is 0 Å². The van der Waals surface area contributed by atoms with Crippen LogP contribution in [0.4, 0.5) is 30.0 Å². The minimum Gasteiger partial charge on any atom is -0.870 e. The number of esters is 1. The third kappa shape index (κ3) is 21.1. The van der Waals surface area contributed by atoms with Crippen LogP contribution < -0.4 is 39.0 Å². The Hall–Kier alpha value is -7.62. The first-order valence-corrected chi connectivity index (χ1v) is 27.9. The zero-order chi connectivity index (χ0) is 58.1. The number of carboxylic acids is 1. The van der Waals surface area contributed by atoms with Crippen LogP contribution in [0.15, 0.2) is 70.9 Å². The molecular weight excluding hydrogens is 1100 g/mol. The summed E-state index contributed by atoms with van der Waals surface area (Å²) >= 11 is 0. The maximum Gasteiger partial charge on any atom is 1.00 e. The minimum atomic E-state index is -1.08. The molecule has 4 aromatic rings. The van der Waals surface area contributed by atoms with Crippen molar-refractivity contribution >= 4 is 35.6 Å². The van der Waals surface area contributed by atoms with E-state index in [-0.39, 0.29) is 128 Å². The predicted octanol–water partition coefficient (Wildman–Crippen LogP) is 6.28. The Bertz CT molecular complexity index is 2910. The number of azide groups is 2. The Kier molecular flexibility index (Phi) is 30.4. The fraction of sp³-hybridized carbons (Fsp3) is 0.544. The Balaban J connectivity index is 0.000000352. The zero-order valence-electron chi connectivity index (χ0n) is 47.7. The Morgan fingerprint density at radius 1 is 0.682 bits per heavy atom. The number of urea groups is 2. The van der Waals surface area contributed by atoms with E-state index in [9.17, 15) is 28.7 Å². The summed E-state index contributed by atoms with van der Waals surface area (Å²) in [5.74, 6) is -0.861. The van der Waals surface area contributed by atoms with Gasteiger partial charge < -0.3 is 64.5 Å². The molecule has 4 amide bonds. The molecule has 0 radical (unpaired) electrons. The molecule has 6 heterocycles. The monoisotopic (exact) mass is 1180 g/mol. The molecule has 0 spiro atoms. The van der Waals surface area contributed by atoms with Gasteiger partial charge in [0.2, 0.25) is 0 Å². The molecule has 0 saturated carbocycles. The number of anilines is 2. The summed E-state index contributed by atoms with van der Waals surface area (Å²) in [6.45, 7) is 8.07. The number of carbonyl (C=O) groups is 4. The van der Waals surface area contributed by atoms with E-state index in [1.54, 1.807) is 33.8 Å². The number of aromatic nitrogens is 2. The van der Waals surface area contributed by atoms with Crippen LogP contribution in [0.5, 0.6) is 11.5 Å². The number of ether oxygens (including phenoxy) is 5. The van der Waals surface area contributed by atoms with E-state index in [0.717, 1.165) is 87.5 Å². The number of nitrogens with zero attached hydrogens (tertiary/aromatic N) is 12. The first kappa shape index (κ1) is 69.9. The molecule has 2 aromatic heterocycles. The third-order valence-corrected chi connectivity index (χ3v) is 14.1. The van der Waals surface area contributed by atoms with E-state index >= 15 is 4.39 Å². The van der Waals surface area contributed by atoms with Crippen LogP contribution in [0.1, 0.15) is 98.6 Å². The van der Waals surface area contributed by atoms with Crippen LogP contribution in [0.3, 0.4) is 0 Å². The summed E-state index contributed by atoms with van der Waals surface area (Å²) in [6.07, 6.45) is 6.81. The van der Waals surface area contributed by atoms with Gasteiger partial charge in [0.1, 0.15) is 24.8 Å². The first-order valence-electron chi connectivity index (χ1n) is 27.9. The topological polar surface area (TPSA) is 325 Å². The summed E-state index contributed by atoms with van der Waals surface area (Å²) in [5.41, 5.74) is 21.8. The second-order valence-electron chi connectivity index (χ2n) is 19.7. The summed E-state index contributed by atoms with van der Waals surface area (Å²) in [7, 11) is 0. The van der Waals surface area contributed by atoms with Gasteiger partial charge in [-0.3, -0.25) is 9.59 Å². The number of benzene rings is 2. The minimum absolute atomic E-state index is 0. The number of rotatable bonds is 31. The number of hydrogen-bond acceptors (Lipinski definition) is 16. The number of halogens is 2. The number of amides is 4. The van der Waals surface area contributed by atoms with E-state index in [1.165, 1.54) is 40.3 Å². The van der Waals surface area contributed by atoms with Gasteiger partial charge >= 0.3 is 42.9 Å². The Morgan fingerprint density at radius 2 is 1.14 bits per heavy atom. The number of carboxylic acid groups (broad SMARTS) is 1. The van der Waals surface area contributed by atoms with Gasteiger partial charge in [-0.05, 0) is 128 Å². The first-order chi connectivity index (χ1) is 40.0. The fourth-order valence-corrected chi connectivity index (χ4v) is 10.1. The second kappa shape index (κ2) is 36.9. The average Bonchev–Trinajstić information content (AvgIpc) is 3.51. The molecule has 25 nitrogen and oxygen atoms in total. The third-order valence-electron chi connectivity index (χ3n) is 14.1. The Morgan fingerprint density at radius 3 is 1.56 bits per heavy atom. The molecule has 0 unspecified atom stereocenters. The van der Waals surface area contributed by atoms with Crippen LogP contribution in [0, 0.1) is 11.6 Å². The van der Waals surface area contributed by atoms with Crippen LogP contribution in [-0.4, -0.2) is 176 Å². The molecule has 28 heteroatoms. The van der Waals surface area contributed by atoms with Crippen molar-refractivity contribution in [3.05, 3.63) is 127 Å². The molecule has 2 saturated heterocycles. The molecule has 4 aliphatic heterocycles. The van der Waals surface area contributed by atoms with Crippen molar-refractivity contribution in [2.24, 2.45) is 10.2 Å². The van der Waals surface area contributed by atoms with E-state index < -0.39 is 35.7 Å². The van der Waals surface area contributed by atoms with E-state index in [0.29, 0.717) is 50.4 Å². The maximum atomic E-state index is 15.0. The molecule has 0 aliphatic carbocycles. The number of hydrogen-bond donors (Lipinski definition) is 3. The van der Waals surface area contributed by atoms with E-state index in [2.05, 4.69) is 48.9 Å². The number of nitrogens with one attached hydrogen (secondary N) is 2. The smallest absolute Gasteiger partial charge is 0.870 e. The number of aryl methyl sites for hydroxylation is 4. The molecule has 2 atom stereocenters. The van der Waals surface area contributed by atoms with Gasteiger partial charge in [0.05, 0.1) is 58.0 Å². The summed E-state index contributed by atoms with van der Waals surface area (Å²) in [6, 6.07) is 15.1. The van der Waals surface area contributed by atoms with E-state index in [1.807, 2.05) is 6.07 Å². The molecule has 456 valence electrons. The maximum absolute atomic E-state index is 15.0. The van der Waals surface area contributed by atoms with Gasteiger partial charge in [-0.2, -0.15) is 0 Å². The molecular formula is C57H77F2LiN14O11. The van der Waals surface area contributed by atoms with Gasteiger partial charge in [0, 0.05) is 86.7 Å². The molecule has 2 aromatic carbocycles. The second-order valence-corrected chi connectivity index (χ2v) is 19.7. The standard InChI is InChI=1S/C29H38FN7O5.C27H34FN7O5.CH4.Li.H2O/c1-2-41-27(38)20-25(22-8-10-26(24(30)19-22)42-18-17-40-16-12-33-35-31)37-15-14-36(29(37)39)13-4-6-23-9-7-21-5-3-11-32-28(21)34-23;28-22-17-20(6-8-24(22)40-16-15-39-14-10-31-33-29)23(18-25(36)37)35-13-12-34(27(35)38)11-2-4-21-7-5-19-3-1-9-30-26(19)32-21;;;/h7-10,19,25H,2-6,11-18,20H2,1H3,(H,32,34);5-8,17,23H,1-4,9-16,18H2,(H,30,32)(H,36,37);1H4;;1H2/q;;;+1;/p-1/t25-;23-;;;/m00.../s1. The van der Waals surface area contributed by atoms with Crippen LogP contribution in [0.25, 0.3) is 20.9 Å². The Labute approximate surface area is 505 Å². The number of aliphatic carboxylic acids is 1. The van der Waals surface area contributed by atoms with Crippen LogP contribution in [0.2, 0.25) is 0 Å². The summed E-state index contributed by atoms with van der Waals surface area (Å²) in [4.78, 5) is 72.1. The van der Waals surface area contributed by atoms with Crippen molar-refractivity contribution in [1.82, 2.24) is 29.6 Å². The molecule has 2 fully saturated rings. The van der Waals surface area contributed by atoms with Gasteiger partial charge in [-0.15, -0.1) is 0 Å². The van der Waals surface area contributed by atoms with E-state index in [4.69, 9.17) is 44.7 Å². The van der Waals surface area contributed by atoms with Gasteiger partial charge in [0.15, 0.2) is 23.1 Å². The predicted molar refractivity (Wildman–Crippen MR) is 307 cm³/mol. The fourth-order valence-electron chi connectivity index (χ4n) is 10.1. The number of pyridine rings is 2. The van der Waals surface area contributed by atoms with Crippen molar-refractivity contribution in [2.45, 2.75) is 90.6 Å². The van der Waals surface area contributed by atoms with Gasteiger partial charge in [-0.25, -0.2) is 28.3 Å². The largest absolute Gasteiger partial charge is 1.00 e. The van der Waals surface area contributed by atoms with Crippen molar-refractivity contribution < 1.29 is 81.1 Å². The quantitative estimate of drug-likeness (QED) is 0.0125. The van der Waals surface area contributed by atoms with Crippen LogP contribution >= 0.6 is 0 Å². The number of fused-ring (bicyclic) bond motifs is 2. The van der Waals surface area contributed by atoms with Crippen molar-refractivity contribution in [2.75, 3.05) is 122 Å². The zero-order valence-corrected chi connectivity index (χ0v) is 47.7. The molecule has 85 heavy (non-hydrogen) atoms. The molecule has 4 N–H and O–H groups in total. The van der Waals surface area contributed by atoms with Gasteiger partial charge in [-0.1, -0.05) is 41.9 Å². The van der Waals surface area contributed by atoms with Crippen molar-refractivity contribution in [1.29, 1.82) is 0 Å². The summed E-state index contributed by atoms with van der Waals surface area (Å²) in [5, 5.41) is 22.9. The molecule has 4 aliphatic rings. The van der Waals surface area contributed by atoms with Gasteiger partial charge in [0.25, 0.3) is 0 Å². The normalized spacial score (nSPS) is 14.6. The van der Waals surface area contributed by atoms with Crippen molar-refractivity contribution in [3.8, 4) is 11.5 Å². The van der Waals surface area contributed by atoms with Crippen LogP contribution in [-0.2, 0) is 49.5 Å². The summed E-state index contributed by atoms with van der Waals surface area (Å²) < 4.78 is 56.4. The number of carbonyl (C=O) groups excluding carboxylic acids is 3. The molecule has 8 rings (SSSR count). The average molecular weight is 1180 g/mol.